The van der Waals surface area contributed by atoms with Crippen molar-refractivity contribution in [1.82, 2.24) is 0 Å². The Labute approximate surface area is 112 Å². The molecule has 5 heteroatoms. The van der Waals surface area contributed by atoms with Gasteiger partial charge in [0.15, 0.2) is 0 Å². The fourth-order valence-corrected chi connectivity index (χ4v) is 2.40. The zero-order chi connectivity index (χ0) is 13.9. The third-order valence-corrected chi connectivity index (χ3v) is 3.53. The van der Waals surface area contributed by atoms with Crippen LogP contribution < -0.4 is 15.2 Å². The monoisotopic (exact) mass is 265 g/mol. The van der Waals surface area contributed by atoms with E-state index >= 15 is 0 Å². The summed E-state index contributed by atoms with van der Waals surface area (Å²) in [5, 5.41) is 9.15. The molecule has 0 aliphatic heterocycles. The van der Waals surface area contributed by atoms with Gasteiger partial charge >= 0.3 is 5.97 Å². The van der Waals surface area contributed by atoms with Crippen LogP contribution in [-0.2, 0) is 4.79 Å². The normalized spacial score (nSPS) is 26.7. The molecule has 1 saturated carbocycles. The molecule has 0 heterocycles. The molecule has 5 nitrogen and oxygen atoms in total. The predicted octanol–water partition coefficient (Wildman–Crippen LogP) is 1.80. The second kappa shape index (κ2) is 5.48. The van der Waals surface area contributed by atoms with Crippen molar-refractivity contribution in [2.45, 2.75) is 37.3 Å². The lowest BCUT2D eigenvalue weighted by Gasteiger charge is -2.34. The molecule has 2 atom stereocenters. The van der Waals surface area contributed by atoms with E-state index in [0.717, 1.165) is 18.6 Å². The van der Waals surface area contributed by atoms with E-state index in [9.17, 15) is 4.79 Å². The summed E-state index contributed by atoms with van der Waals surface area (Å²) in [6, 6.07) is 7.24. The maximum Gasteiger partial charge on any atom is 0.323 e. The molecule has 0 aromatic heterocycles. The average Bonchev–Trinajstić information content (AvgIpc) is 2.39. The van der Waals surface area contributed by atoms with Crippen LogP contribution in [0.1, 0.15) is 25.7 Å². The van der Waals surface area contributed by atoms with Crippen LogP contribution in [-0.4, -0.2) is 29.8 Å². The Bertz CT molecular complexity index is 445. The highest BCUT2D eigenvalue weighted by Crippen LogP contribution is 2.30. The summed E-state index contributed by atoms with van der Waals surface area (Å²) in [5.74, 6) is 0.519. The Hall–Kier alpha value is -1.75. The van der Waals surface area contributed by atoms with Crippen LogP contribution in [0.2, 0.25) is 0 Å². The van der Waals surface area contributed by atoms with Crippen molar-refractivity contribution in [3.8, 4) is 11.5 Å². The maximum atomic E-state index is 11.2. The van der Waals surface area contributed by atoms with Crippen LogP contribution in [0.15, 0.2) is 24.3 Å². The third-order valence-electron chi connectivity index (χ3n) is 3.53. The number of nitrogens with two attached hydrogens (primary N) is 1. The van der Waals surface area contributed by atoms with Gasteiger partial charge in [-0.3, -0.25) is 4.79 Å². The van der Waals surface area contributed by atoms with Crippen LogP contribution in [0, 0.1) is 0 Å². The molecule has 104 valence electrons. The number of carboxylic acids is 1. The quantitative estimate of drug-likeness (QED) is 0.867. The number of ether oxygens (including phenoxy) is 2. The van der Waals surface area contributed by atoms with E-state index in [1.165, 1.54) is 0 Å². The molecule has 1 aliphatic rings. The number of carbonyl (C=O) groups is 1. The molecule has 3 N–H and O–H groups in total. The van der Waals surface area contributed by atoms with Crippen molar-refractivity contribution in [1.29, 1.82) is 0 Å². The fraction of sp³-hybridized carbons (Fsp3) is 0.500. The van der Waals surface area contributed by atoms with Crippen molar-refractivity contribution in [2.75, 3.05) is 7.11 Å². The van der Waals surface area contributed by atoms with Gasteiger partial charge in [0, 0.05) is 6.42 Å². The summed E-state index contributed by atoms with van der Waals surface area (Å²) < 4.78 is 10.9. The van der Waals surface area contributed by atoms with Gasteiger partial charge in [-0.1, -0.05) is 0 Å². The number of rotatable bonds is 4. The lowest BCUT2D eigenvalue weighted by molar-refractivity contribution is -0.145. The molecule has 1 fully saturated rings. The Morgan fingerprint density at radius 1 is 1.37 bits per heavy atom. The van der Waals surface area contributed by atoms with Gasteiger partial charge in [-0.25, -0.2) is 0 Å². The molecular weight excluding hydrogens is 246 g/mol. The highest BCUT2D eigenvalue weighted by molar-refractivity contribution is 5.78. The molecule has 19 heavy (non-hydrogen) atoms. The first-order chi connectivity index (χ1) is 9.03. The first kappa shape index (κ1) is 13.7. The minimum Gasteiger partial charge on any atom is -0.497 e. The zero-order valence-corrected chi connectivity index (χ0v) is 11.0. The number of carboxylic acid groups (broad SMARTS) is 1. The standard InChI is InChI=1S/C14H19NO4/c1-18-10-4-6-11(7-5-10)19-12-3-2-8-14(15,9-12)13(16)17/h4-7,12H,2-3,8-9,15H2,1H3,(H,16,17). The van der Waals surface area contributed by atoms with E-state index in [4.69, 9.17) is 20.3 Å². The van der Waals surface area contributed by atoms with E-state index in [-0.39, 0.29) is 6.10 Å². The summed E-state index contributed by atoms with van der Waals surface area (Å²) in [5.41, 5.74) is 4.73. The minimum atomic E-state index is -1.16. The van der Waals surface area contributed by atoms with E-state index in [2.05, 4.69) is 0 Å². The molecular formula is C14H19NO4. The van der Waals surface area contributed by atoms with Crippen molar-refractivity contribution in [3.05, 3.63) is 24.3 Å². The van der Waals surface area contributed by atoms with Crippen LogP contribution >= 0.6 is 0 Å². The average molecular weight is 265 g/mol. The van der Waals surface area contributed by atoms with Crippen molar-refractivity contribution in [2.24, 2.45) is 5.73 Å². The molecule has 1 aromatic rings. The Kier molecular flexibility index (Phi) is 3.95. The van der Waals surface area contributed by atoms with Gasteiger partial charge in [0.1, 0.15) is 23.1 Å². The number of hydrogen-bond acceptors (Lipinski definition) is 4. The van der Waals surface area contributed by atoms with Crippen molar-refractivity contribution < 1.29 is 19.4 Å². The third kappa shape index (κ3) is 3.17. The molecule has 1 aromatic carbocycles. The van der Waals surface area contributed by atoms with Crippen LogP contribution in [0.3, 0.4) is 0 Å². The molecule has 1 aliphatic carbocycles. The van der Waals surface area contributed by atoms with Crippen molar-refractivity contribution >= 4 is 5.97 Å². The number of methoxy groups -OCH3 is 1. The molecule has 2 unspecified atom stereocenters. The lowest BCUT2D eigenvalue weighted by Crippen LogP contribution is -2.53. The topological polar surface area (TPSA) is 81.8 Å². The fourth-order valence-electron chi connectivity index (χ4n) is 2.40. The summed E-state index contributed by atoms with van der Waals surface area (Å²) >= 11 is 0. The summed E-state index contributed by atoms with van der Waals surface area (Å²) in [6.45, 7) is 0. The molecule has 0 bridgehead atoms. The predicted molar refractivity (Wildman–Crippen MR) is 70.4 cm³/mol. The number of aliphatic carboxylic acids is 1. The van der Waals surface area contributed by atoms with Gasteiger partial charge in [0.05, 0.1) is 7.11 Å². The summed E-state index contributed by atoms with van der Waals surface area (Å²) in [7, 11) is 1.60. The van der Waals surface area contributed by atoms with Gasteiger partial charge in [-0.05, 0) is 43.5 Å². The van der Waals surface area contributed by atoms with E-state index < -0.39 is 11.5 Å². The minimum absolute atomic E-state index is 0.150. The number of hydrogen-bond donors (Lipinski definition) is 2. The van der Waals surface area contributed by atoms with E-state index in [1.54, 1.807) is 7.11 Å². The first-order valence-electron chi connectivity index (χ1n) is 6.36. The van der Waals surface area contributed by atoms with Crippen molar-refractivity contribution in [3.63, 3.8) is 0 Å². The van der Waals surface area contributed by atoms with Crippen LogP contribution in [0.25, 0.3) is 0 Å². The van der Waals surface area contributed by atoms with Gasteiger partial charge in [0.2, 0.25) is 0 Å². The van der Waals surface area contributed by atoms with Gasteiger partial charge < -0.3 is 20.3 Å². The van der Waals surface area contributed by atoms with E-state index in [1.807, 2.05) is 24.3 Å². The van der Waals surface area contributed by atoms with Gasteiger partial charge in [-0.15, -0.1) is 0 Å². The molecule has 0 spiro atoms. The largest absolute Gasteiger partial charge is 0.497 e. The highest BCUT2D eigenvalue weighted by Gasteiger charge is 2.40. The summed E-state index contributed by atoms with van der Waals surface area (Å²) in [4.78, 5) is 11.2. The molecule has 0 radical (unpaired) electrons. The van der Waals surface area contributed by atoms with Crippen LogP contribution in [0.4, 0.5) is 0 Å². The summed E-state index contributed by atoms with van der Waals surface area (Å²) in [6.07, 6.45) is 2.30. The van der Waals surface area contributed by atoms with Gasteiger partial charge in [0.25, 0.3) is 0 Å². The smallest absolute Gasteiger partial charge is 0.323 e. The van der Waals surface area contributed by atoms with E-state index in [0.29, 0.717) is 18.6 Å². The Balaban J connectivity index is 2.00. The lowest BCUT2D eigenvalue weighted by atomic mass is 9.81. The highest BCUT2D eigenvalue weighted by atomic mass is 16.5. The molecule has 2 rings (SSSR count). The second-order valence-electron chi connectivity index (χ2n) is 4.97. The van der Waals surface area contributed by atoms with Crippen LogP contribution in [0.5, 0.6) is 11.5 Å². The molecule has 0 amide bonds. The zero-order valence-electron chi connectivity index (χ0n) is 11.0. The van der Waals surface area contributed by atoms with Gasteiger partial charge in [-0.2, -0.15) is 0 Å². The molecule has 0 saturated heterocycles. The Morgan fingerprint density at radius 2 is 2.00 bits per heavy atom. The SMILES string of the molecule is COc1ccc(OC2CCCC(N)(C(=O)O)C2)cc1. The first-order valence-corrected chi connectivity index (χ1v) is 6.36. The Morgan fingerprint density at radius 3 is 2.58 bits per heavy atom. The second-order valence-corrected chi connectivity index (χ2v) is 4.97. The maximum absolute atomic E-state index is 11.2. The number of benzene rings is 1.